The molecule has 1 aromatic heterocycles. The Labute approximate surface area is 216 Å². The largest absolute Gasteiger partial charge is 0.368 e. The number of aryl methyl sites for hydroxylation is 1. The summed E-state index contributed by atoms with van der Waals surface area (Å²) in [7, 11) is 3.34. The van der Waals surface area contributed by atoms with E-state index >= 15 is 0 Å². The number of aldehydes is 1. The fraction of sp³-hybridized carbons (Fsp3) is 0.556. The number of nitrogens with zero attached hydrogens (tertiary/aromatic N) is 3. The molecule has 3 amide bonds. The summed E-state index contributed by atoms with van der Waals surface area (Å²) in [5, 5.41) is 3.42. The number of hydrogen-bond acceptors (Lipinski definition) is 5. The summed E-state index contributed by atoms with van der Waals surface area (Å²) >= 11 is 0. The molecule has 9 nitrogen and oxygen atoms in total. The molecule has 0 bridgehead atoms. The van der Waals surface area contributed by atoms with Crippen LogP contribution in [0.25, 0.3) is 10.9 Å². The van der Waals surface area contributed by atoms with Gasteiger partial charge < -0.3 is 25.4 Å². The van der Waals surface area contributed by atoms with Gasteiger partial charge in [0.2, 0.25) is 11.8 Å². The van der Waals surface area contributed by atoms with Crippen molar-refractivity contribution in [2.75, 3.05) is 33.2 Å². The number of hydrogen-bond donors (Lipinski definition) is 2. The molecule has 4 rings (SSSR count). The number of carbonyl (C=O) groups excluding carboxylic acids is 4. The smallest absolute Gasteiger partial charge is 0.271 e. The number of primary amides is 1. The minimum atomic E-state index is -1.18. The third kappa shape index (κ3) is 4.74. The zero-order valence-electron chi connectivity index (χ0n) is 21.8. The van der Waals surface area contributed by atoms with Gasteiger partial charge in [-0.2, -0.15) is 0 Å². The zero-order valence-corrected chi connectivity index (χ0v) is 21.8. The van der Waals surface area contributed by atoms with Crippen LogP contribution in [-0.2, 0) is 16.6 Å². The Bertz CT molecular complexity index is 1210. The van der Waals surface area contributed by atoms with E-state index in [4.69, 9.17) is 5.73 Å². The van der Waals surface area contributed by atoms with Crippen LogP contribution >= 0.6 is 0 Å². The van der Waals surface area contributed by atoms with Crippen molar-refractivity contribution in [3.05, 3.63) is 35.3 Å². The average Bonchev–Trinajstić information content (AvgIpc) is 3.19. The van der Waals surface area contributed by atoms with Gasteiger partial charge >= 0.3 is 0 Å². The van der Waals surface area contributed by atoms with E-state index in [0.29, 0.717) is 30.3 Å². The van der Waals surface area contributed by atoms with E-state index in [9.17, 15) is 23.6 Å². The van der Waals surface area contributed by atoms with Crippen molar-refractivity contribution in [2.45, 2.75) is 44.6 Å². The molecule has 3 N–H and O–H groups in total. The molecule has 2 heterocycles. The van der Waals surface area contributed by atoms with E-state index in [1.54, 1.807) is 41.5 Å². The Morgan fingerprint density at radius 2 is 1.73 bits per heavy atom. The van der Waals surface area contributed by atoms with Crippen LogP contribution in [0.1, 0.15) is 59.9 Å². The zero-order chi connectivity index (χ0) is 26.9. The third-order valence-electron chi connectivity index (χ3n) is 8.44. The van der Waals surface area contributed by atoms with Gasteiger partial charge in [0.15, 0.2) is 6.29 Å². The molecule has 1 aliphatic carbocycles. The number of piperazine rings is 1. The number of halogens is 1. The molecule has 1 aliphatic heterocycles. The first-order chi connectivity index (χ1) is 17.6. The van der Waals surface area contributed by atoms with Gasteiger partial charge in [0.25, 0.3) is 5.91 Å². The Balaban J connectivity index is 1.54. The number of carbonyl (C=O) groups is 4. The molecule has 1 saturated carbocycles. The number of benzene rings is 1. The predicted octanol–water partition coefficient (Wildman–Crippen LogP) is 2.07. The van der Waals surface area contributed by atoms with E-state index < -0.39 is 23.2 Å². The van der Waals surface area contributed by atoms with E-state index in [1.165, 1.54) is 12.1 Å². The van der Waals surface area contributed by atoms with Crippen molar-refractivity contribution in [3.63, 3.8) is 0 Å². The normalized spacial score (nSPS) is 19.5. The second-order valence-electron chi connectivity index (χ2n) is 10.4. The first kappa shape index (κ1) is 26.8. The number of amides is 3. The number of nitrogens with one attached hydrogen (secondary N) is 1. The number of rotatable bonds is 7. The van der Waals surface area contributed by atoms with Crippen LogP contribution in [0.15, 0.2) is 18.2 Å². The molecule has 2 aliphatic rings. The molecule has 2 fully saturated rings. The molecule has 200 valence electrons. The minimum Gasteiger partial charge on any atom is -0.368 e. The highest BCUT2D eigenvalue weighted by Crippen LogP contribution is 2.37. The first-order valence-electron chi connectivity index (χ1n) is 12.9. The van der Waals surface area contributed by atoms with Crippen LogP contribution in [-0.4, -0.2) is 77.1 Å². The SMILES string of the molecule is CNC(C)(C(N)=O)[C@@H](C(=O)N1CCN(C(=O)c2c(C=O)c3cc(F)ccc3n2C)CC1)C1CCCCC1. The van der Waals surface area contributed by atoms with Crippen LogP contribution in [0, 0.1) is 17.7 Å². The van der Waals surface area contributed by atoms with E-state index in [0.717, 1.165) is 32.1 Å². The monoisotopic (exact) mass is 513 g/mol. The summed E-state index contributed by atoms with van der Waals surface area (Å²) in [6, 6.07) is 4.10. The maximum Gasteiger partial charge on any atom is 0.271 e. The molecule has 2 aromatic rings. The molecule has 10 heteroatoms. The van der Waals surface area contributed by atoms with Gasteiger partial charge in [-0.25, -0.2) is 4.39 Å². The first-order valence-corrected chi connectivity index (χ1v) is 12.9. The van der Waals surface area contributed by atoms with E-state index in [1.807, 2.05) is 0 Å². The van der Waals surface area contributed by atoms with E-state index in [2.05, 4.69) is 5.32 Å². The van der Waals surface area contributed by atoms with Gasteiger partial charge in [-0.1, -0.05) is 19.3 Å². The van der Waals surface area contributed by atoms with Gasteiger partial charge in [0.05, 0.1) is 11.5 Å². The molecule has 1 unspecified atom stereocenters. The standard InChI is InChI=1S/C27H36FN5O4/c1-27(30-2,26(29)37)22(17-7-5-4-6-8-17)24(35)32-11-13-33(14-12-32)25(36)23-20(16-34)19-15-18(28)9-10-21(19)31(23)3/h9-10,15-17,22,30H,4-8,11-14H2,1-3H3,(H2,29,37)/t22-,27?/m1/s1. The molecular weight excluding hydrogens is 477 g/mol. The molecule has 0 radical (unpaired) electrons. The fourth-order valence-corrected chi connectivity index (χ4v) is 6.12. The minimum absolute atomic E-state index is 0.0530. The second-order valence-corrected chi connectivity index (χ2v) is 10.4. The van der Waals surface area contributed by atoms with Gasteiger partial charge in [-0.05, 0) is 50.9 Å². The number of likely N-dealkylation sites (N-methyl/N-ethyl adjacent to an activating group) is 1. The van der Waals surface area contributed by atoms with Crippen molar-refractivity contribution < 1.29 is 23.6 Å². The van der Waals surface area contributed by atoms with Crippen molar-refractivity contribution in [1.29, 1.82) is 0 Å². The lowest BCUT2D eigenvalue weighted by atomic mass is 9.69. The maximum atomic E-state index is 13.8. The Morgan fingerprint density at radius 3 is 2.30 bits per heavy atom. The van der Waals surface area contributed by atoms with Crippen LogP contribution < -0.4 is 11.1 Å². The summed E-state index contributed by atoms with van der Waals surface area (Å²) < 4.78 is 15.4. The molecule has 1 aromatic carbocycles. The van der Waals surface area contributed by atoms with Crippen LogP contribution in [0.2, 0.25) is 0 Å². The van der Waals surface area contributed by atoms with Crippen LogP contribution in [0.4, 0.5) is 4.39 Å². The fourth-order valence-electron chi connectivity index (χ4n) is 6.12. The summed E-state index contributed by atoms with van der Waals surface area (Å²) in [5.41, 5.74) is 5.56. The Morgan fingerprint density at radius 1 is 1.11 bits per heavy atom. The number of fused-ring (bicyclic) bond motifs is 1. The molecule has 0 spiro atoms. The van der Waals surface area contributed by atoms with Gasteiger partial charge in [-0.3, -0.25) is 19.2 Å². The molecule has 1 saturated heterocycles. The quantitative estimate of drug-likeness (QED) is 0.550. The maximum absolute atomic E-state index is 13.8. The highest BCUT2D eigenvalue weighted by Gasteiger charge is 2.49. The van der Waals surface area contributed by atoms with Gasteiger partial charge in [-0.15, -0.1) is 0 Å². The van der Waals surface area contributed by atoms with Crippen molar-refractivity contribution >= 4 is 34.9 Å². The average molecular weight is 514 g/mol. The summed E-state index contributed by atoms with van der Waals surface area (Å²) in [6.45, 7) is 2.88. The predicted molar refractivity (Wildman–Crippen MR) is 137 cm³/mol. The summed E-state index contributed by atoms with van der Waals surface area (Å²) in [5.74, 6) is -2.03. The van der Waals surface area contributed by atoms with Crippen molar-refractivity contribution in [1.82, 2.24) is 19.7 Å². The molecule has 2 atom stereocenters. The highest BCUT2D eigenvalue weighted by molar-refractivity contribution is 6.10. The van der Waals surface area contributed by atoms with Crippen molar-refractivity contribution in [3.8, 4) is 0 Å². The lowest BCUT2D eigenvalue weighted by molar-refractivity contribution is -0.147. The summed E-state index contributed by atoms with van der Waals surface area (Å²) in [6.07, 6.45) is 5.48. The number of nitrogens with two attached hydrogens (primary N) is 1. The van der Waals surface area contributed by atoms with E-state index in [-0.39, 0.29) is 42.1 Å². The third-order valence-corrected chi connectivity index (χ3v) is 8.44. The second kappa shape index (κ2) is 10.6. The molecule has 37 heavy (non-hydrogen) atoms. The molecular formula is C27H36FN5O4. The lowest BCUT2D eigenvalue weighted by Crippen LogP contribution is -2.64. The lowest BCUT2D eigenvalue weighted by Gasteiger charge is -2.44. The van der Waals surface area contributed by atoms with Gasteiger partial charge in [0.1, 0.15) is 17.1 Å². The Kier molecular flexibility index (Phi) is 7.68. The van der Waals surface area contributed by atoms with Crippen molar-refractivity contribution in [2.24, 2.45) is 24.6 Å². The summed E-state index contributed by atoms with van der Waals surface area (Å²) in [4.78, 5) is 55.1. The number of aromatic nitrogens is 1. The van der Waals surface area contributed by atoms with Crippen LogP contribution in [0.3, 0.4) is 0 Å². The topological polar surface area (TPSA) is 118 Å². The van der Waals surface area contributed by atoms with Gasteiger partial charge in [0, 0.05) is 44.1 Å². The Hall–Kier alpha value is -3.27. The van der Waals surface area contributed by atoms with Crippen LogP contribution in [0.5, 0.6) is 0 Å². The highest BCUT2D eigenvalue weighted by atomic mass is 19.1.